The van der Waals surface area contributed by atoms with Crippen LogP contribution >= 0.6 is 12.6 Å². The Hall–Kier alpha value is -2.39. The Bertz CT molecular complexity index is 1230. The first-order chi connectivity index (χ1) is 17.0. The van der Waals surface area contributed by atoms with Gasteiger partial charge in [0.05, 0.1) is 5.75 Å². The van der Waals surface area contributed by atoms with E-state index in [9.17, 15) is 4.79 Å². The lowest BCUT2D eigenvalue weighted by Crippen LogP contribution is -2.44. The molecule has 1 fully saturated rings. The van der Waals surface area contributed by atoms with Crippen molar-refractivity contribution in [1.29, 1.82) is 0 Å². The molecule has 36 heavy (non-hydrogen) atoms. The first kappa shape index (κ1) is 26.7. The zero-order valence-corrected chi connectivity index (χ0v) is 24.2. The van der Waals surface area contributed by atoms with Gasteiger partial charge in [0.15, 0.2) is 11.3 Å². The predicted octanol–water partition coefficient (Wildman–Crippen LogP) is 6.77. The molecule has 0 atom stereocenters. The number of hydrogen-bond donors (Lipinski definition) is 1. The second-order valence-corrected chi connectivity index (χ2v) is 16.3. The molecule has 0 bridgehead atoms. The van der Waals surface area contributed by atoms with Crippen LogP contribution in [0.3, 0.4) is 0 Å². The fourth-order valence-corrected chi connectivity index (χ4v) is 5.79. The van der Waals surface area contributed by atoms with E-state index in [4.69, 9.17) is 19.2 Å². The number of fused-ring (bicyclic) bond motifs is 1. The summed E-state index contributed by atoms with van der Waals surface area (Å²) < 4.78 is 14.1. The number of carbonyl (C=O) groups is 1. The van der Waals surface area contributed by atoms with E-state index in [1.54, 1.807) is 16.6 Å². The van der Waals surface area contributed by atoms with E-state index in [-0.39, 0.29) is 10.5 Å². The molecule has 0 spiro atoms. The van der Waals surface area contributed by atoms with Crippen molar-refractivity contribution in [3.05, 3.63) is 47.4 Å². The molecule has 0 N–H and O–H groups in total. The Morgan fingerprint density at radius 1 is 1.11 bits per heavy atom. The van der Waals surface area contributed by atoms with Crippen LogP contribution in [0.5, 0.6) is 11.8 Å². The highest BCUT2D eigenvalue weighted by Crippen LogP contribution is 2.46. The maximum Gasteiger partial charge on any atom is 0.364 e. The summed E-state index contributed by atoms with van der Waals surface area (Å²) in [5.74, 6) is 0.925. The number of esters is 1. The molecule has 2 heterocycles. The Balaban J connectivity index is 1.95. The summed E-state index contributed by atoms with van der Waals surface area (Å²) in [4.78, 5) is 23.2. The minimum absolute atomic E-state index is 0.0372. The summed E-state index contributed by atoms with van der Waals surface area (Å²) in [5.41, 5.74) is 1.58. The van der Waals surface area contributed by atoms with Crippen LogP contribution in [-0.2, 0) is 11.2 Å². The molecule has 0 unspecified atom stereocenters. The number of thiol groups is 1. The van der Waals surface area contributed by atoms with Gasteiger partial charge in [0.2, 0.25) is 0 Å². The highest BCUT2D eigenvalue weighted by molar-refractivity contribution is 7.79. The number of aromatic nitrogens is 4. The van der Waals surface area contributed by atoms with Crippen LogP contribution in [0.2, 0.25) is 18.1 Å². The minimum Gasteiger partial charge on any atom is -0.517 e. The van der Waals surface area contributed by atoms with E-state index in [1.807, 2.05) is 18.2 Å². The van der Waals surface area contributed by atoms with Crippen LogP contribution in [0, 0.1) is 0 Å². The second-order valence-electron chi connectivity index (χ2n) is 11.3. The van der Waals surface area contributed by atoms with Crippen molar-refractivity contribution in [2.45, 2.75) is 95.5 Å². The van der Waals surface area contributed by atoms with Gasteiger partial charge in [0.25, 0.3) is 8.32 Å². The third kappa shape index (κ3) is 5.05. The zero-order valence-electron chi connectivity index (χ0n) is 22.3. The maximum absolute atomic E-state index is 13.6. The summed E-state index contributed by atoms with van der Waals surface area (Å²) in [6.07, 6.45) is 6.26. The predicted molar refractivity (Wildman–Crippen MR) is 148 cm³/mol. The van der Waals surface area contributed by atoms with Gasteiger partial charge in [-0.1, -0.05) is 65.2 Å². The zero-order chi connectivity index (χ0) is 26.1. The van der Waals surface area contributed by atoms with Crippen LogP contribution in [0.1, 0.15) is 88.1 Å². The molecule has 1 aliphatic carbocycles. The number of para-hydroxylation sites is 1. The van der Waals surface area contributed by atoms with Crippen molar-refractivity contribution in [3.63, 3.8) is 0 Å². The van der Waals surface area contributed by atoms with Gasteiger partial charge in [-0.2, -0.15) is 27.2 Å². The molecule has 194 valence electrons. The van der Waals surface area contributed by atoms with Crippen LogP contribution in [0.4, 0.5) is 0 Å². The van der Waals surface area contributed by atoms with Gasteiger partial charge in [-0.25, -0.2) is 9.78 Å². The van der Waals surface area contributed by atoms with Crippen LogP contribution in [0.25, 0.3) is 5.65 Å². The number of nitrogens with zero attached hydrogens (tertiary/aromatic N) is 4. The molecule has 0 amide bonds. The third-order valence-corrected chi connectivity index (χ3v) is 12.5. The van der Waals surface area contributed by atoms with Gasteiger partial charge in [-0.15, -0.1) is 0 Å². The molecule has 9 heteroatoms. The molecule has 0 radical (unpaired) electrons. The molecule has 1 aliphatic rings. The van der Waals surface area contributed by atoms with Crippen molar-refractivity contribution in [2.24, 2.45) is 0 Å². The van der Waals surface area contributed by atoms with Gasteiger partial charge >= 0.3 is 12.0 Å². The number of benzene rings is 1. The van der Waals surface area contributed by atoms with Crippen molar-refractivity contribution >= 4 is 32.6 Å². The van der Waals surface area contributed by atoms with Crippen LogP contribution in [-0.4, -0.2) is 33.9 Å². The Kier molecular flexibility index (Phi) is 7.53. The Morgan fingerprint density at radius 2 is 1.78 bits per heavy atom. The number of rotatable bonds is 7. The fraction of sp³-hybridized carbons (Fsp3) is 0.556. The molecule has 7 nitrogen and oxygen atoms in total. The Morgan fingerprint density at radius 3 is 2.36 bits per heavy atom. The van der Waals surface area contributed by atoms with Crippen molar-refractivity contribution in [3.8, 4) is 11.8 Å². The summed E-state index contributed by atoms with van der Waals surface area (Å²) in [7, 11) is -2.25. The first-order valence-corrected chi connectivity index (χ1v) is 16.4. The number of carbonyl (C=O) groups excluding carboxylic acids is 1. The standard InChI is InChI=1S/C27H38N4O3SSi/c1-7-27(16-12-9-13-17-27)21-22(24(32)33-19-14-10-8-11-15-19)30-31-23(21)28-20(18-35)29-25(31)34-36(5,6)26(2,3)4/h8,10-11,14-15,35H,7,9,12-13,16-18H2,1-6H3. The molecule has 0 aliphatic heterocycles. The van der Waals surface area contributed by atoms with E-state index >= 15 is 0 Å². The fourth-order valence-electron chi connectivity index (χ4n) is 4.75. The number of ether oxygens (including phenoxy) is 1. The van der Waals surface area contributed by atoms with Crippen molar-refractivity contribution in [2.75, 3.05) is 0 Å². The van der Waals surface area contributed by atoms with Gasteiger partial charge in [-0.3, -0.25) is 0 Å². The van der Waals surface area contributed by atoms with Crippen molar-refractivity contribution < 1.29 is 14.0 Å². The molecule has 1 saturated carbocycles. The molecular formula is C27H38N4O3SSi. The van der Waals surface area contributed by atoms with Crippen molar-refractivity contribution in [1.82, 2.24) is 19.6 Å². The number of hydrogen-bond acceptors (Lipinski definition) is 7. The lowest BCUT2D eigenvalue weighted by molar-refractivity contribution is 0.0723. The summed E-state index contributed by atoms with van der Waals surface area (Å²) in [6.45, 7) is 13.1. The normalized spacial score (nSPS) is 16.2. The van der Waals surface area contributed by atoms with E-state index < -0.39 is 14.3 Å². The SMILES string of the molecule is CCC1(c2c(C(=O)Oc3ccccc3)nn3c(O[Si](C)(C)C(C)(C)C)nc(CS)nc23)CCCCC1. The average Bonchev–Trinajstić information content (AvgIpc) is 3.25. The summed E-state index contributed by atoms with van der Waals surface area (Å²) in [5, 5.41) is 4.77. The van der Waals surface area contributed by atoms with E-state index in [0.29, 0.717) is 34.7 Å². The lowest BCUT2D eigenvalue weighted by Gasteiger charge is -2.37. The molecule has 4 rings (SSSR count). The topological polar surface area (TPSA) is 78.6 Å². The van der Waals surface area contributed by atoms with Gasteiger partial charge in [-0.05, 0) is 49.5 Å². The monoisotopic (exact) mass is 526 g/mol. The molecule has 0 saturated heterocycles. The smallest absolute Gasteiger partial charge is 0.364 e. The summed E-state index contributed by atoms with van der Waals surface area (Å²) >= 11 is 4.48. The molecular weight excluding hydrogens is 488 g/mol. The highest BCUT2D eigenvalue weighted by Gasteiger charge is 2.43. The highest BCUT2D eigenvalue weighted by atomic mass is 32.1. The van der Waals surface area contributed by atoms with Crippen LogP contribution < -0.4 is 9.16 Å². The van der Waals surface area contributed by atoms with Gasteiger partial charge in [0.1, 0.15) is 11.6 Å². The quantitative estimate of drug-likeness (QED) is 0.158. The van der Waals surface area contributed by atoms with E-state index in [1.165, 1.54) is 6.42 Å². The maximum atomic E-state index is 13.6. The van der Waals surface area contributed by atoms with Crippen LogP contribution in [0.15, 0.2) is 30.3 Å². The van der Waals surface area contributed by atoms with E-state index in [2.05, 4.69) is 58.4 Å². The third-order valence-electron chi connectivity index (χ3n) is 7.96. The van der Waals surface area contributed by atoms with Gasteiger partial charge < -0.3 is 9.16 Å². The van der Waals surface area contributed by atoms with E-state index in [0.717, 1.165) is 37.7 Å². The Labute approximate surface area is 220 Å². The minimum atomic E-state index is -2.25. The lowest BCUT2D eigenvalue weighted by atomic mass is 9.67. The molecule has 1 aromatic carbocycles. The summed E-state index contributed by atoms with van der Waals surface area (Å²) in [6, 6.07) is 9.50. The van der Waals surface area contributed by atoms with Gasteiger partial charge in [0, 0.05) is 11.0 Å². The molecule has 2 aromatic heterocycles. The largest absolute Gasteiger partial charge is 0.517 e. The first-order valence-electron chi connectivity index (χ1n) is 12.9. The molecule has 3 aromatic rings. The average molecular weight is 527 g/mol. The second kappa shape index (κ2) is 10.2.